The van der Waals surface area contributed by atoms with Crippen molar-refractivity contribution < 1.29 is 22.5 Å². The number of alkyl halides is 3. The number of amides is 1. The molecule has 1 amide bonds. The number of halogens is 3. The number of carbonyl (C=O) groups is 1. The van der Waals surface area contributed by atoms with Crippen molar-refractivity contribution >= 4 is 11.6 Å². The van der Waals surface area contributed by atoms with Gasteiger partial charge in [-0.15, -0.1) is 0 Å². The van der Waals surface area contributed by atoms with E-state index < -0.39 is 12.1 Å². The maximum Gasteiger partial charge on any atom is 0.471 e. The molecule has 3 aromatic carbocycles. The van der Waals surface area contributed by atoms with E-state index in [4.69, 9.17) is 0 Å². The lowest BCUT2D eigenvalue weighted by atomic mass is 10.0. The molecule has 0 aliphatic carbocycles. The van der Waals surface area contributed by atoms with Gasteiger partial charge in [0.25, 0.3) is 5.91 Å². The van der Waals surface area contributed by atoms with E-state index in [0.29, 0.717) is 31.7 Å². The predicted molar refractivity (Wildman–Crippen MR) is 125 cm³/mol. The van der Waals surface area contributed by atoms with E-state index in [1.807, 2.05) is 24.3 Å². The van der Waals surface area contributed by atoms with Crippen molar-refractivity contribution in [1.82, 2.24) is 15.0 Å². The van der Waals surface area contributed by atoms with Crippen LogP contribution in [0.5, 0.6) is 0 Å². The zero-order valence-corrected chi connectivity index (χ0v) is 18.6. The van der Waals surface area contributed by atoms with E-state index in [9.17, 15) is 18.0 Å². The van der Waals surface area contributed by atoms with Gasteiger partial charge in [0, 0.05) is 43.0 Å². The summed E-state index contributed by atoms with van der Waals surface area (Å²) in [6.45, 7) is 2.39. The molecule has 1 aromatic heterocycles. The van der Waals surface area contributed by atoms with Crippen molar-refractivity contribution in [2.75, 3.05) is 31.1 Å². The summed E-state index contributed by atoms with van der Waals surface area (Å²) in [6.07, 6.45) is -4.72. The maximum absolute atomic E-state index is 13.1. The van der Waals surface area contributed by atoms with Crippen LogP contribution in [0.1, 0.15) is 16.2 Å². The molecule has 35 heavy (non-hydrogen) atoms. The fourth-order valence-corrected chi connectivity index (χ4v) is 4.11. The molecule has 1 fully saturated rings. The number of benzene rings is 3. The van der Waals surface area contributed by atoms with Gasteiger partial charge < -0.3 is 14.3 Å². The number of hydrogen-bond acceptors (Lipinski definition) is 5. The van der Waals surface area contributed by atoms with Crippen LogP contribution in [0.3, 0.4) is 0 Å². The largest absolute Gasteiger partial charge is 0.471 e. The molecule has 1 aliphatic heterocycles. The Hall–Kier alpha value is -4.14. The Morgan fingerprint density at radius 3 is 2.20 bits per heavy atom. The number of carbonyl (C=O) groups excluding carboxylic acids is 1. The van der Waals surface area contributed by atoms with Gasteiger partial charge in [-0.2, -0.15) is 18.2 Å². The molecule has 6 nitrogen and oxygen atoms in total. The summed E-state index contributed by atoms with van der Waals surface area (Å²) in [7, 11) is 0. The Labute approximate surface area is 199 Å². The van der Waals surface area contributed by atoms with Crippen LogP contribution in [-0.2, 0) is 6.18 Å². The van der Waals surface area contributed by atoms with E-state index in [-0.39, 0.29) is 17.3 Å². The molecule has 1 saturated heterocycles. The average Bonchev–Trinajstić information content (AvgIpc) is 3.41. The molecule has 1 aliphatic rings. The monoisotopic (exact) mass is 478 g/mol. The van der Waals surface area contributed by atoms with Gasteiger partial charge in [0.2, 0.25) is 5.82 Å². The molecule has 0 radical (unpaired) electrons. The van der Waals surface area contributed by atoms with Crippen LogP contribution in [0.15, 0.2) is 83.4 Å². The molecular formula is C26H21F3N4O2. The summed E-state index contributed by atoms with van der Waals surface area (Å²) in [4.78, 5) is 20.5. The number of piperazine rings is 1. The van der Waals surface area contributed by atoms with Gasteiger partial charge in [0.05, 0.1) is 0 Å². The highest BCUT2D eigenvalue weighted by Gasteiger charge is 2.38. The van der Waals surface area contributed by atoms with Crippen LogP contribution >= 0.6 is 0 Å². The Morgan fingerprint density at radius 1 is 0.800 bits per heavy atom. The molecule has 2 heterocycles. The molecular weight excluding hydrogens is 457 g/mol. The topological polar surface area (TPSA) is 62.5 Å². The summed E-state index contributed by atoms with van der Waals surface area (Å²) < 4.78 is 42.6. The zero-order valence-electron chi connectivity index (χ0n) is 18.6. The van der Waals surface area contributed by atoms with Crippen LogP contribution in [0, 0.1) is 0 Å². The molecule has 0 saturated carbocycles. The Balaban J connectivity index is 1.26. The molecule has 0 atom stereocenters. The highest BCUT2D eigenvalue weighted by molar-refractivity contribution is 5.95. The average molecular weight is 478 g/mol. The SMILES string of the molecule is O=C(c1cccc(-c2noc(C(F)(F)F)n2)c1)N1CCN(c2cccc(-c3ccccc3)c2)CC1. The Bertz CT molecular complexity index is 1330. The van der Waals surface area contributed by atoms with E-state index in [1.54, 1.807) is 23.1 Å². The first-order chi connectivity index (χ1) is 16.9. The fourth-order valence-electron chi connectivity index (χ4n) is 4.11. The summed E-state index contributed by atoms with van der Waals surface area (Å²) >= 11 is 0. The second-order valence-corrected chi connectivity index (χ2v) is 8.20. The van der Waals surface area contributed by atoms with Crippen LogP contribution in [-0.4, -0.2) is 47.1 Å². The van der Waals surface area contributed by atoms with Crippen LogP contribution in [0.4, 0.5) is 18.9 Å². The molecule has 4 aromatic rings. The Kier molecular flexibility index (Phi) is 5.98. The number of hydrogen-bond donors (Lipinski definition) is 0. The molecule has 0 bridgehead atoms. The second-order valence-electron chi connectivity index (χ2n) is 8.20. The number of nitrogens with zero attached hydrogens (tertiary/aromatic N) is 4. The molecule has 9 heteroatoms. The lowest BCUT2D eigenvalue weighted by Crippen LogP contribution is -2.48. The van der Waals surface area contributed by atoms with Gasteiger partial charge in [-0.1, -0.05) is 59.8 Å². The second kappa shape index (κ2) is 9.25. The lowest BCUT2D eigenvalue weighted by Gasteiger charge is -2.36. The fraction of sp³-hybridized carbons (Fsp3) is 0.192. The zero-order chi connectivity index (χ0) is 24.4. The van der Waals surface area contributed by atoms with Crippen molar-refractivity contribution in [3.8, 4) is 22.5 Å². The molecule has 178 valence electrons. The van der Waals surface area contributed by atoms with Crippen LogP contribution in [0.2, 0.25) is 0 Å². The van der Waals surface area contributed by atoms with E-state index >= 15 is 0 Å². The lowest BCUT2D eigenvalue weighted by molar-refractivity contribution is -0.159. The van der Waals surface area contributed by atoms with Crippen molar-refractivity contribution in [3.05, 3.63) is 90.3 Å². The van der Waals surface area contributed by atoms with Gasteiger partial charge in [0.1, 0.15) is 0 Å². The molecule has 0 spiro atoms. The maximum atomic E-state index is 13.1. The summed E-state index contributed by atoms with van der Waals surface area (Å²) in [5, 5.41) is 3.40. The number of aromatic nitrogens is 2. The van der Waals surface area contributed by atoms with Crippen molar-refractivity contribution in [2.24, 2.45) is 0 Å². The number of anilines is 1. The third kappa shape index (κ3) is 4.89. The van der Waals surface area contributed by atoms with Gasteiger partial charge >= 0.3 is 12.1 Å². The Morgan fingerprint density at radius 2 is 1.49 bits per heavy atom. The van der Waals surface area contributed by atoms with Crippen LogP contribution in [0.25, 0.3) is 22.5 Å². The quantitative estimate of drug-likeness (QED) is 0.394. The summed E-state index contributed by atoms with van der Waals surface area (Å²) in [5.74, 6) is -1.82. The molecule has 5 rings (SSSR count). The first-order valence-electron chi connectivity index (χ1n) is 11.1. The normalized spacial score (nSPS) is 14.3. The standard InChI is InChI=1S/C26H21F3N4O2/c27-26(28,29)25-30-23(31-35-25)20-9-4-10-21(16-20)24(34)33-14-12-32(13-15-33)22-11-5-8-19(17-22)18-6-2-1-3-7-18/h1-11,16-17H,12-15H2. The minimum atomic E-state index is -4.72. The highest BCUT2D eigenvalue weighted by atomic mass is 19.4. The highest BCUT2D eigenvalue weighted by Crippen LogP contribution is 2.30. The van der Waals surface area contributed by atoms with Crippen molar-refractivity contribution in [3.63, 3.8) is 0 Å². The van der Waals surface area contributed by atoms with Gasteiger partial charge in [-0.3, -0.25) is 4.79 Å². The van der Waals surface area contributed by atoms with Gasteiger partial charge in [0.15, 0.2) is 0 Å². The van der Waals surface area contributed by atoms with Crippen molar-refractivity contribution in [2.45, 2.75) is 6.18 Å². The molecule has 0 unspecified atom stereocenters. The third-order valence-electron chi connectivity index (χ3n) is 5.92. The minimum Gasteiger partial charge on any atom is -0.368 e. The van der Waals surface area contributed by atoms with E-state index in [0.717, 1.165) is 16.8 Å². The van der Waals surface area contributed by atoms with E-state index in [1.165, 1.54) is 6.07 Å². The van der Waals surface area contributed by atoms with Crippen molar-refractivity contribution in [1.29, 1.82) is 0 Å². The summed E-state index contributed by atoms with van der Waals surface area (Å²) in [5.41, 5.74) is 4.02. The number of rotatable bonds is 4. The molecule has 0 N–H and O–H groups in total. The minimum absolute atomic E-state index is 0.191. The third-order valence-corrected chi connectivity index (χ3v) is 5.92. The first kappa shape index (κ1) is 22.6. The van der Waals surface area contributed by atoms with Gasteiger partial charge in [-0.05, 0) is 35.4 Å². The summed E-state index contributed by atoms with van der Waals surface area (Å²) in [6, 6.07) is 24.7. The van der Waals surface area contributed by atoms with Gasteiger partial charge in [-0.25, -0.2) is 0 Å². The van der Waals surface area contributed by atoms with E-state index in [2.05, 4.69) is 49.9 Å². The smallest absolute Gasteiger partial charge is 0.368 e. The predicted octanol–water partition coefficient (Wildman–Crippen LogP) is 5.38. The first-order valence-corrected chi connectivity index (χ1v) is 11.1. The van der Waals surface area contributed by atoms with Crippen LogP contribution < -0.4 is 4.90 Å².